The minimum Gasteiger partial charge on any atom is -0.495 e. The summed E-state index contributed by atoms with van der Waals surface area (Å²) in [5.74, 6) is -0.362. The summed E-state index contributed by atoms with van der Waals surface area (Å²) in [5.41, 5.74) is 0.621. The van der Waals surface area contributed by atoms with Crippen molar-refractivity contribution in [1.29, 1.82) is 0 Å². The Morgan fingerprint density at radius 2 is 1.93 bits per heavy atom. The molecule has 0 aliphatic carbocycles. The molecule has 0 radical (unpaired) electrons. The number of nitrogens with zero attached hydrogens (tertiary/aromatic N) is 1. The van der Waals surface area contributed by atoms with Crippen LogP contribution in [-0.4, -0.2) is 32.4 Å². The van der Waals surface area contributed by atoms with Crippen molar-refractivity contribution in [3.8, 4) is 5.75 Å². The SMILES string of the molecule is COc1ccc(S(=O)(=O)N[C@@H](C)C(=O)Nc2cc([N+](=O)[O-])ccc2C)cc1Cl. The van der Waals surface area contributed by atoms with Crippen molar-refractivity contribution in [3.05, 3.63) is 57.1 Å². The first-order chi connectivity index (χ1) is 13.0. The standard InChI is InChI=1S/C17H18ClN3O6S/c1-10-4-5-12(21(23)24)8-15(10)19-17(22)11(2)20-28(25,26)13-6-7-16(27-3)14(18)9-13/h4-9,11,20H,1-3H3,(H,19,22)/t11-/m0/s1. The Balaban J connectivity index is 2.16. The Bertz CT molecular complexity index is 1030. The number of carbonyl (C=O) groups is 1. The number of amides is 1. The summed E-state index contributed by atoms with van der Waals surface area (Å²) in [4.78, 5) is 22.5. The highest BCUT2D eigenvalue weighted by molar-refractivity contribution is 7.89. The fourth-order valence-corrected chi connectivity index (χ4v) is 3.82. The van der Waals surface area contributed by atoms with Gasteiger partial charge in [-0.25, -0.2) is 8.42 Å². The van der Waals surface area contributed by atoms with E-state index in [1.165, 1.54) is 50.4 Å². The lowest BCUT2D eigenvalue weighted by Crippen LogP contribution is -2.41. The number of nitrogens with one attached hydrogen (secondary N) is 2. The predicted molar refractivity (Wildman–Crippen MR) is 104 cm³/mol. The van der Waals surface area contributed by atoms with Gasteiger partial charge in [-0.1, -0.05) is 17.7 Å². The van der Waals surface area contributed by atoms with E-state index in [1.54, 1.807) is 6.92 Å². The van der Waals surface area contributed by atoms with E-state index < -0.39 is 26.9 Å². The number of anilines is 1. The second-order valence-corrected chi connectivity index (χ2v) is 8.01. The van der Waals surface area contributed by atoms with Crippen LogP contribution in [0.2, 0.25) is 5.02 Å². The number of sulfonamides is 1. The van der Waals surface area contributed by atoms with E-state index in [4.69, 9.17) is 16.3 Å². The van der Waals surface area contributed by atoms with Crippen LogP contribution in [0.1, 0.15) is 12.5 Å². The molecule has 1 amide bonds. The van der Waals surface area contributed by atoms with Crippen molar-refractivity contribution in [2.45, 2.75) is 24.8 Å². The zero-order valence-corrected chi connectivity index (χ0v) is 16.8. The number of aryl methyl sites for hydroxylation is 1. The number of non-ortho nitro benzene ring substituents is 1. The summed E-state index contributed by atoms with van der Waals surface area (Å²) in [6, 6.07) is 6.75. The Morgan fingerprint density at radius 3 is 2.50 bits per heavy atom. The first-order valence-electron chi connectivity index (χ1n) is 7.97. The summed E-state index contributed by atoms with van der Waals surface area (Å²) in [6.45, 7) is 3.01. The molecule has 0 saturated heterocycles. The molecule has 2 aromatic carbocycles. The average Bonchev–Trinajstić information content (AvgIpc) is 2.62. The predicted octanol–water partition coefficient (Wildman–Crippen LogP) is 2.87. The molecule has 0 bridgehead atoms. The Morgan fingerprint density at radius 1 is 1.25 bits per heavy atom. The second kappa shape index (κ2) is 8.55. The summed E-state index contributed by atoms with van der Waals surface area (Å²) < 4.78 is 32.2. The van der Waals surface area contributed by atoms with Crippen LogP contribution in [0.15, 0.2) is 41.3 Å². The molecule has 9 nitrogen and oxygen atoms in total. The quantitative estimate of drug-likeness (QED) is 0.516. The van der Waals surface area contributed by atoms with E-state index in [9.17, 15) is 23.3 Å². The van der Waals surface area contributed by atoms with Crippen LogP contribution in [0, 0.1) is 17.0 Å². The van der Waals surface area contributed by atoms with Crippen molar-refractivity contribution in [2.75, 3.05) is 12.4 Å². The highest BCUT2D eigenvalue weighted by Crippen LogP contribution is 2.27. The van der Waals surface area contributed by atoms with Crippen molar-refractivity contribution in [2.24, 2.45) is 0 Å². The smallest absolute Gasteiger partial charge is 0.271 e. The molecule has 1 atom stereocenters. The number of benzene rings is 2. The van der Waals surface area contributed by atoms with Crippen LogP contribution in [0.3, 0.4) is 0 Å². The van der Waals surface area contributed by atoms with Gasteiger partial charge in [0.1, 0.15) is 5.75 Å². The Hall–Kier alpha value is -2.69. The number of methoxy groups -OCH3 is 1. The number of hydrogen-bond acceptors (Lipinski definition) is 6. The minimum atomic E-state index is -4.04. The van der Waals surface area contributed by atoms with Crippen molar-refractivity contribution in [3.63, 3.8) is 0 Å². The molecule has 0 unspecified atom stereocenters. The van der Waals surface area contributed by atoms with Crippen LogP contribution < -0.4 is 14.8 Å². The maximum atomic E-state index is 12.5. The molecule has 0 heterocycles. The van der Waals surface area contributed by atoms with Crippen molar-refractivity contribution >= 4 is 38.9 Å². The zero-order chi connectivity index (χ0) is 21.1. The maximum absolute atomic E-state index is 12.5. The number of hydrogen-bond donors (Lipinski definition) is 2. The highest BCUT2D eigenvalue weighted by atomic mass is 35.5. The summed E-state index contributed by atoms with van der Waals surface area (Å²) >= 11 is 5.95. The first kappa shape index (κ1) is 21.6. The van der Waals surface area contributed by atoms with Gasteiger partial charge in [-0.2, -0.15) is 4.72 Å². The van der Waals surface area contributed by atoms with Crippen LogP contribution >= 0.6 is 11.6 Å². The number of nitro benzene ring substituents is 1. The number of rotatable bonds is 7. The molecule has 0 spiro atoms. The van der Waals surface area contributed by atoms with Crippen molar-refractivity contribution in [1.82, 2.24) is 4.72 Å². The van der Waals surface area contributed by atoms with Gasteiger partial charge in [0.2, 0.25) is 15.9 Å². The van der Waals surface area contributed by atoms with Crippen LogP contribution in [0.5, 0.6) is 5.75 Å². The minimum absolute atomic E-state index is 0.106. The molecule has 0 aromatic heterocycles. The van der Waals surface area contributed by atoms with Crippen LogP contribution in [0.4, 0.5) is 11.4 Å². The fraction of sp³-hybridized carbons (Fsp3) is 0.235. The average molecular weight is 428 g/mol. The van der Waals surface area contributed by atoms with Gasteiger partial charge < -0.3 is 10.1 Å². The number of nitro groups is 1. The normalized spacial score (nSPS) is 12.3. The van der Waals surface area contributed by atoms with E-state index in [-0.39, 0.29) is 21.3 Å². The molecular formula is C17H18ClN3O6S. The number of carbonyl (C=O) groups excluding carboxylic acids is 1. The molecule has 0 saturated carbocycles. The third kappa shape index (κ3) is 4.97. The molecule has 11 heteroatoms. The molecule has 0 aliphatic rings. The lowest BCUT2D eigenvalue weighted by atomic mass is 10.1. The van der Waals surface area contributed by atoms with Gasteiger partial charge in [-0.15, -0.1) is 0 Å². The first-order valence-corrected chi connectivity index (χ1v) is 9.83. The second-order valence-electron chi connectivity index (χ2n) is 5.88. The van der Waals surface area contributed by atoms with Gasteiger partial charge in [0, 0.05) is 12.1 Å². The molecule has 2 rings (SSSR count). The molecule has 150 valence electrons. The topological polar surface area (TPSA) is 128 Å². The lowest BCUT2D eigenvalue weighted by molar-refractivity contribution is -0.384. The Kier molecular flexibility index (Phi) is 6.60. The van der Waals surface area contributed by atoms with Crippen LogP contribution in [-0.2, 0) is 14.8 Å². The molecule has 0 fully saturated rings. The largest absolute Gasteiger partial charge is 0.495 e. The van der Waals surface area contributed by atoms with E-state index in [2.05, 4.69) is 10.0 Å². The fourth-order valence-electron chi connectivity index (χ4n) is 2.27. The van der Waals surface area contributed by atoms with Crippen molar-refractivity contribution < 1.29 is 22.9 Å². The maximum Gasteiger partial charge on any atom is 0.271 e. The third-order valence-electron chi connectivity index (χ3n) is 3.85. The van der Waals surface area contributed by atoms with Gasteiger partial charge in [0.05, 0.1) is 33.7 Å². The highest BCUT2D eigenvalue weighted by Gasteiger charge is 2.23. The molecule has 28 heavy (non-hydrogen) atoms. The van der Waals surface area contributed by atoms with Gasteiger partial charge in [-0.05, 0) is 37.6 Å². The van der Waals surface area contributed by atoms with E-state index in [1.807, 2.05) is 0 Å². The van der Waals surface area contributed by atoms with E-state index in [0.29, 0.717) is 11.3 Å². The number of ether oxygens (including phenoxy) is 1. The van der Waals surface area contributed by atoms with Gasteiger partial charge in [-0.3, -0.25) is 14.9 Å². The third-order valence-corrected chi connectivity index (χ3v) is 5.68. The zero-order valence-electron chi connectivity index (χ0n) is 15.2. The van der Waals surface area contributed by atoms with Gasteiger partial charge in [0.25, 0.3) is 5.69 Å². The summed E-state index contributed by atoms with van der Waals surface area (Å²) in [7, 11) is -2.64. The van der Waals surface area contributed by atoms with E-state index in [0.717, 1.165) is 0 Å². The molecule has 2 N–H and O–H groups in total. The van der Waals surface area contributed by atoms with E-state index >= 15 is 0 Å². The van der Waals surface area contributed by atoms with Gasteiger partial charge >= 0.3 is 0 Å². The van der Waals surface area contributed by atoms with Gasteiger partial charge in [0.15, 0.2) is 0 Å². The monoisotopic (exact) mass is 427 g/mol. The Labute approximate surface area is 166 Å². The summed E-state index contributed by atoms with van der Waals surface area (Å²) in [6.07, 6.45) is 0. The van der Waals surface area contributed by atoms with Crippen LogP contribution in [0.25, 0.3) is 0 Å². The lowest BCUT2D eigenvalue weighted by Gasteiger charge is -2.16. The summed E-state index contributed by atoms with van der Waals surface area (Å²) in [5, 5.41) is 13.5. The molecule has 2 aromatic rings. The molecular weight excluding hydrogens is 410 g/mol. The number of halogens is 1. The molecule has 0 aliphatic heterocycles.